The van der Waals surface area contributed by atoms with Crippen LogP contribution in [0.5, 0.6) is 17.2 Å². The lowest BCUT2D eigenvalue weighted by molar-refractivity contribution is -0.385. The van der Waals surface area contributed by atoms with Gasteiger partial charge in [-0.1, -0.05) is 301 Å². The summed E-state index contributed by atoms with van der Waals surface area (Å²) in [7, 11) is -8.78. The van der Waals surface area contributed by atoms with E-state index in [1.54, 1.807) is 72.8 Å². The number of aliphatic hydroxyl groups is 1. The number of Topliss-reactive ketones (excluding diaryl/α,β-unsaturated/α-hetero) is 3. The smallest absolute Gasteiger partial charge is 0.363 e. The molecule has 0 radical (unpaired) electrons. The molecule has 0 saturated carbocycles. The number of aliphatic hydroxyl groups excluding tert-OH is 1. The van der Waals surface area contributed by atoms with Gasteiger partial charge in [-0.15, -0.1) is 0 Å². The fraction of sp³-hybridized carbons (Fsp3) is 0.333. The van der Waals surface area contributed by atoms with Gasteiger partial charge in [0.05, 0.1) is 75.2 Å². The first-order valence-corrected chi connectivity index (χ1v) is 65.4. The summed E-state index contributed by atoms with van der Waals surface area (Å²) >= 11 is 0. The molecule has 11 aromatic rings. The zero-order chi connectivity index (χ0) is 110. The lowest BCUT2D eigenvalue weighted by Gasteiger charge is -2.52. The van der Waals surface area contributed by atoms with Crippen LogP contribution in [0.15, 0.2) is 303 Å². The Morgan fingerprint density at radius 3 is 0.933 bits per heavy atom. The number of nitrogens with zero attached hydrogens (tertiary/aromatic N) is 4. The molecule has 14 rings (SSSR count). The number of ether oxygens (including phenoxy) is 2. The highest BCUT2D eigenvalue weighted by molar-refractivity contribution is 7.97. The number of non-ortho nitro benzene ring substituents is 2. The molecule has 0 aliphatic carbocycles. The number of rotatable bonds is 34. The van der Waals surface area contributed by atoms with Crippen molar-refractivity contribution in [3.05, 3.63) is 351 Å². The second-order valence-electron chi connectivity index (χ2n) is 44.3. The van der Waals surface area contributed by atoms with Gasteiger partial charge in [0.15, 0.2) is 34.0 Å². The number of nitrogens with one attached hydrogen (secondary N) is 1. The molecular formula is C117H137N5O22P2Si4. The number of carbonyl (C=O) groups excluding carboxylic acids is 10. The number of carbonyl (C=O) groups is 10. The molecule has 3 amide bonds. The van der Waals surface area contributed by atoms with E-state index in [4.69, 9.17) is 27.2 Å². The molecule has 3 fully saturated rings. The van der Waals surface area contributed by atoms with Gasteiger partial charge < -0.3 is 52.5 Å². The molecule has 33 heteroatoms. The predicted molar refractivity (Wildman–Crippen MR) is 602 cm³/mol. The highest BCUT2D eigenvalue weighted by Gasteiger charge is 2.60. The monoisotopic (exact) mass is 2140 g/mol. The molecule has 3 heterocycles. The minimum atomic E-state index is -3.52. The van der Waals surface area contributed by atoms with E-state index >= 15 is 9.59 Å². The van der Waals surface area contributed by atoms with Gasteiger partial charge >= 0.3 is 23.9 Å². The zero-order valence-corrected chi connectivity index (χ0v) is 95.2. The fourth-order valence-electron chi connectivity index (χ4n) is 17.9. The topological polar surface area (TPSA) is 371 Å². The number of benzene rings is 11. The van der Waals surface area contributed by atoms with Crippen molar-refractivity contribution in [3.8, 4) is 17.2 Å². The second-order valence-corrected chi connectivity index (χ2v) is 69.9. The lowest BCUT2D eigenvalue weighted by atomic mass is 9.79. The maximum Gasteiger partial charge on any atom is 0.363 e. The molecule has 0 bridgehead atoms. The van der Waals surface area contributed by atoms with Gasteiger partial charge in [-0.05, 0) is 186 Å². The molecule has 9 atom stereocenters. The van der Waals surface area contributed by atoms with E-state index in [2.05, 4.69) is 141 Å². The van der Waals surface area contributed by atoms with Crippen LogP contribution in [0.2, 0.25) is 72.5 Å². The Balaban J connectivity index is 0.000000211. The molecule has 788 valence electrons. The average molecular weight is 2140 g/mol. The van der Waals surface area contributed by atoms with Crippen molar-refractivity contribution in [2.75, 3.05) is 0 Å². The van der Waals surface area contributed by atoms with Crippen LogP contribution in [-0.4, -0.2) is 169 Å². The van der Waals surface area contributed by atoms with E-state index in [9.17, 15) is 68.8 Å². The number of esters is 4. The van der Waals surface area contributed by atoms with Crippen LogP contribution < -0.4 is 46.0 Å². The van der Waals surface area contributed by atoms with Crippen LogP contribution in [0.3, 0.4) is 0 Å². The molecule has 0 unspecified atom stereocenters. The number of likely N-dealkylation sites (tertiary alicyclic amines) is 2. The lowest BCUT2D eigenvalue weighted by Crippen LogP contribution is -2.69. The van der Waals surface area contributed by atoms with Crippen molar-refractivity contribution in [1.82, 2.24) is 15.1 Å². The summed E-state index contributed by atoms with van der Waals surface area (Å²) in [6.07, 6.45) is -2.37. The van der Waals surface area contributed by atoms with E-state index in [1.165, 1.54) is 53.1 Å². The number of aromatic hydroxyl groups is 1. The standard InChI is InChI=1S/C52H61N2O9PSi2.C40H33N2O9P.C25H43NO4Si2/c1-36(62-65(8,9)51(2,3)4)46-44(35-45(55)38-22-21-23-40(34-38)63-66(10,11)52(5,6)7)53(47(46)56)48(50(58)61-49(57)37-30-32-39(33-31-37)54(59)60)64(41-24-15-12-16-25-41,42-26-17-13-18-27-42)43-28-19-14-20-29-43;1-26(43)36-34(25-35(45)28-12-11-13-30(44)24-28)41(37(36)46)38(40(48)51-39(47)27-20-22-29(23-21-27)42(49)50)52(31-14-5-2-6-15-31,32-16-7-3-8-17-32)33-18-9-4-10-19-33;1-17(29-31(8,9)24(2,3)4)22-20(26-23(22)28)16-21(27)18-13-12-14-19(15-18)30-32(10,11)25(5,6)7/h12-34,36,44,46H,35H2,1-11H3;2-24,26,34,36,43-44H,25H2,1H3;12-15,17,20,22H,16H2,1-11H3,(H,26,28)/t36-,44-,46-;26-,34-,36-;17-,20-,22-/m111/s1. The van der Waals surface area contributed by atoms with Crippen molar-refractivity contribution in [2.45, 2.75) is 232 Å². The van der Waals surface area contributed by atoms with Crippen molar-refractivity contribution >= 4 is 160 Å². The van der Waals surface area contributed by atoms with Gasteiger partial charge in [0.25, 0.3) is 11.4 Å². The van der Waals surface area contributed by atoms with E-state index in [0.29, 0.717) is 48.7 Å². The molecule has 3 aliphatic heterocycles. The third kappa shape index (κ3) is 25.3. The van der Waals surface area contributed by atoms with Crippen molar-refractivity contribution in [1.29, 1.82) is 0 Å². The summed E-state index contributed by atoms with van der Waals surface area (Å²) in [5, 5.41) is 50.4. The number of β-lactam (4-membered cyclic amide) rings is 3. The molecule has 27 nitrogen and oxygen atoms in total. The van der Waals surface area contributed by atoms with E-state index < -0.39 is 134 Å². The van der Waals surface area contributed by atoms with Gasteiger partial charge in [-0.3, -0.25) is 49.0 Å². The Morgan fingerprint density at radius 1 is 0.367 bits per heavy atom. The maximum atomic E-state index is 15.6. The molecule has 150 heavy (non-hydrogen) atoms. The Hall–Kier alpha value is -13.3. The first-order chi connectivity index (χ1) is 70.3. The average Bonchev–Trinajstić information content (AvgIpc) is 0.702. The van der Waals surface area contributed by atoms with Crippen LogP contribution in [0.25, 0.3) is 0 Å². The number of ketones is 3. The predicted octanol–water partition coefficient (Wildman–Crippen LogP) is 21.1. The first-order valence-electron chi connectivity index (χ1n) is 50.2. The van der Waals surface area contributed by atoms with Crippen LogP contribution in [0, 0.1) is 38.0 Å². The molecule has 3 saturated heterocycles. The third-order valence-corrected chi connectivity index (χ3v) is 56.4. The Kier molecular flexibility index (Phi) is 35.9. The maximum absolute atomic E-state index is 15.6. The van der Waals surface area contributed by atoms with Gasteiger partial charge in [0.1, 0.15) is 28.1 Å². The van der Waals surface area contributed by atoms with Crippen LogP contribution in [-0.2, 0) is 42.3 Å². The number of phenolic OH excluding ortho intramolecular Hbond substituents is 1. The van der Waals surface area contributed by atoms with Gasteiger partial charge in [0.2, 0.25) is 34.4 Å². The van der Waals surface area contributed by atoms with Crippen molar-refractivity contribution < 1.29 is 95.2 Å². The van der Waals surface area contributed by atoms with Gasteiger partial charge in [-0.25, -0.2) is 19.2 Å². The summed E-state index contributed by atoms with van der Waals surface area (Å²) in [6, 6.07) is 82.6. The Bertz CT molecular complexity index is 6750. The minimum absolute atomic E-state index is 0.0141. The summed E-state index contributed by atoms with van der Waals surface area (Å²) in [5.41, 5.74) is 0.123. The SMILES string of the molecule is C[C@@H](O)[C@H]1C(=O)N(C(C(=O)OC(=O)c2ccc([N+](=O)[O-])cc2)=P(c2ccccc2)(c2ccccc2)c2ccccc2)[C@@H]1CC(=O)c1cccc(O)c1.C[C@@H](O[Si](C)(C)C(C)(C)C)[C@H]1C(=O)N(C(C(=O)OC(=O)c2ccc([N+](=O)[O-])cc2)=P(c2ccccc2)(c2ccccc2)c2ccccc2)[C@@H]1CC(=O)c1cccc(O[Si](C)(C)C(C)(C)C)c1.C[C@@H](O[Si](C)(C)C(C)(C)C)[C@H]1C(=O)N[C@@H]1CC(=O)c1cccc(O[Si](C)(C)C(C)(C)C)c1. The molecule has 0 spiro atoms. The highest BCUT2D eigenvalue weighted by Crippen LogP contribution is 2.54. The zero-order valence-electron chi connectivity index (χ0n) is 89.4. The summed E-state index contributed by atoms with van der Waals surface area (Å²) < 4.78 is 37.8. The van der Waals surface area contributed by atoms with E-state index in [1.807, 2.05) is 172 Å². The van der Waals surface area contributed by atoms with Crippen LogP contribution >= 0.6 is 13.8 Å². The van der Waals surface area contributed by atoms with Crippen molar-refractivity contribution in [3.63, 3.8) is 0 Å². The van der Waals surface area contributed by atoms with Crippen molar-refractivity contribution in [2.24, 2.45) is 17.8 Å². The third-order valence-electron chi connectivity index (χ3n) is 30.1. The second kappa shape index (κ2) is 46.6. The summed E-state index contributed by atoms with van der Waals surface area (Å²) in [4.78, 5) is 166. The molecular weight excluding hydrogens is 2000 g/mol. The number of amides is 3. The first kappa shape index (κ1) is 115. The molecule has 0 aromatic heterocycles. The molecule has 3 N–H and O–H groups in total. The van der Waals surface area contributed by atoms with Gasteiger partial charge in [0, 0.05) is 74.0 Å². The molecule has 3 aliphatic rings. The van der Waals surface area contributed by atoms with E-state index in [-0.39, 0.29) is 120 Å². The summed E-state index contributed by atoms with van der Waals surface area (Å²) in [6.45, 7) is 41.4. The van der Waals surface area contributed by atoms with Crippen LogP contribution in [0.4, 0.5) is 11.4 Å². The van der Waals surface area contributed by atoms with Crippen LogP contribution in [0.1, 0.15) is 175 Å². The summed E-state index contributed by atoms with van der Waals surface area (Å²) in [5.74, 6) is -7.35. The number of nitro benzene ring substituents is 2. The Morgan fingerprint density at radius 2 is 0.647 bits per heavy atom. The highest BCUT2D eigenvalue weighted by atomic mass is 31.2. The number of phenols is 1. The minimum Gasteiger partial charge on any atom is -0.543 e. The Labute approximate surface area is 883 Å². The number of nitro groups is 2. The number of hydrogen-bond donors (Lipinski definition) is 3. The van der Waals surface area contributed by atoms with Gasteiger partial charge in [-0.2, -0.15) is 0 Å². The largest absolute Gasteiger partial charge is 0.543 e. The number of hydrogen-bond acceptors (Lipinski definition) is 22. The normalized spacial score (nSPS) is 17.1. The fourth-order valence-corrected chi connectivity index (χ4v) is 31.5. The quantitative estimate of drug-likeness (QED) is 0.00493. The van der Waals surface area contributed by atoms with E-state index in [0.717, 1.165) is 42.1 Å². The molecule has 11 aromatic carbocycles.